The van der Waals surface area contributed by atoms with Crippen LogP contribution < -0.4 is 5.32 Å². The van der Waals surface area contributed by atoms with Crippen molar-refractivity contribution in [1.82, 2.24) is 10.2 Å². The van der Waals surface area contributed by atoms with Crippen LogP contribution in [0.15, 0.2) is 41.3 Å². The summed E-state index contributed by atoms with van der Waals surface area (Å²) < 4.78 is 66.4. The largest absolute Gasteiger partial charge is 0.416 e. The van der Waals surface area contributed by atoms with E-state index >= 15 is 0 Å². The second kappa shape index (κ2) is 12.0. The number of rotatable bonds is 10. The topological polar surface area (TPSA) is 83.6 Å². The molecule has 1 atom stereocenters. The maximum absolute atomic E-state index is 13.9. The van der Waals surface area contributed by atoms with Gasteiger partial charge in [0, 0.05) is 36.6 Å². The van der Waals surface area contributed by atoms with Gasteiger partial charge in [-0.25, -0.2) is 8.42 Å². The number of Topliss-reactive ketones (excluding diaryl/α,β-unsaturated/α-hetero) is 1. The molecule has 0 radical (unpaired) electrons. The van der Waals surface area contributed by atoms with Gasteiger partial charge in [-0.05, 0) is 73.7 Å². The van der Waals surface area contributed by atoms with E-state index in [1.807, 2.05) is 4.90 Å². The minimum atomic E-state index is -4.66. The number of amides is 1. The van der Waals surface area contributed by atoms with Crippen molar-refractivity contribution in [3.63, 3.8) is 0 Å². The summed E-state index contributed by atoms with van der Waals surface area (Å²) in [4.78, 5) is 25.9. The van der Waals surface area contributed by atoms with Gasteiger partial charge in [0.1, 0.15) is 5.78 Å². The van der Waals surface area contributed by atoms with Crippen LogP contribution in [0.4, 0.5) is 13.2 Å². The third-order valence-corrected chi connectivity index (χ3v) is 8.59. The molecule has 3 rings (SSSR count). The van der Waals surface area contributed by atoms with E-state index < -0.39 is 27.5 Å². The van der Waals surface area contributed by atoms with Crippen LogP contribution in [0.1, 0.15) is 60.2 Å². The first-order valence-electron chi connectivity index (χ1n) is 12.0. The molecule has 0 spiro atoms. The van der Waals surface area contributed by atoms with Gasteiger partial charge in [-0.15, -0.1) is 0 Å². The molecule has 1 amide bonds. The summed E-state index contributed by atoms with van der Waals surface area (Å²) in [5.41, 5.74) is -0.741. The first-order chi connectivity index (χ1) is 17.3. The van der Waals surface area contributed by atoms with Gasteiger partial charge in [0.05, 0.1) is 16.2 Å². The fraction of sp³-hybridized carbons (Fsp3) is 0.462. The first kappa shape index (κ1) is 29.1. The van der Waals surface area contributed by atoms with Crippen LogP contribution in [0, 0.1) is 5.92 Å². The molecular weight excluding hydrogens is 529 g/mol. The Morgan fingerprint density at radius 1 is 1.14 bits per heavy atom. The second-order valence-electron chi connectivity index (χ2n) is 9.34. The number of sulfone groups is 1. The quantitative estimate of drug-likeness (QED) is 0.429. The Morgan fingerprint density at radius 2 is 1.86 bits per heavy atom. The summed E-state index contributed by atoms with van der Waals surface area (Å²) in [6.45, 7) is 4.16. The number of likely N-dealkylation sites (tertiary alicyclic amines) is 1. The van der Waals surface area contributed by atoms with Crippen LogP contribution in [-0.2, 0) is 33.9 Å². The van der Waals surface area contributed by atoms with Gasteiger partial charge in [0.2, 0.25) is 0 Å². The van der Waals surface area contributed by atoms with Crippen molar-refractivity contribution in [2.75, 3.05) is 18.8 Å². The zero-order valence-corrected chi connectivity index (χ0v) is 22.3. The number of halogens is 4. The van der Waals surface area contributed by atoms with Crippen molar-refractivity contribution < 1.29 is 31.2 Å². The lowest BCUT2D eigenvalue weighted by Gasteiger charge is -2.20. The molecule has 0 bridgehead atoms. The number of nitrogens with one attached hydrogen (secondary N) is 1. The fourth-order valence-electron chi connectivity index (χ4n) is 4.48. The number of ketones is 1. The Morgan fingerprint density at radius 3 is 2.51 bits per heavy atom. The van der Waals surface area contributed by atoms with Gasteiger partial charge in [0.15, 0.2) is 9.84 Å². The highest BCUT2D eigenvalue weighted by atomic mass is 35.5. The first-order valence-corrected chi connectivity index (χ1v) is 14.0. The standard InChI is InChI=1S/C26H30ClF3N2O4S/c1-3-37(35,36)24-9-8-22(27)12-21(24)14-31-25(34)19-6-7-20(23(13-19)26(28,29)30)16-32-11-10-18(15-32)5-4-17(2)33/h6-9,12-13,18H,3-5,10-11,14-16H2,1-2H3,(H,31,34)/t18-/m1/s1. The van der Waals surface area contributed by atoms with E-state index in [-0.39, 0.29) is 57.2 Å². The summed E-state index contributed by atoms with van der Waals surface area (Å²) in [6, 6.07) is 7.67. The Kier molecular flexibility index (Phi) is 9.42. The smallest absolute Gasteiger partial charge is 0.348 e. The van der Waals surface area contributed by atoms with Gasteiger partial charge in [-0.1, -0.05) is 24.6 Å². The molecule has 2 aromatic rings. The Balaban J connectivity index is 1.75. The number of hydrogen-bond acceptors (Lipinski definition) is 5. The van der Waals surface area contributed by atoms with Crippen LogP contribution in [0.2, 0.25) is 5.02 Å². The monoisotopic (exact) mass is 558 g/mol. The number of carbonyl (C=O) groups excluding carboxylic acids is 2. The maximum atomic E-state index is 13.9. The van der Waals surface area contributed by atoms with E-state index in [0.717, 1.165) is 18.9 Å². The highest BCUT2D eigenvalue weighted by Gasteiger charge is 2.35. The molecule has 1 aliphatic rings. The number of nitrogens with zero attached hydrogens (tertiary/aromatic N) is 1. The van der Waals surface area contributed by atoms with Crippen molar-refractivity contribution in [2.24, 2.45) is 5.92 Å². The normalized spacial score (nSPS) is 16.6. The predicted molar refractivity (Wildman–Crippen MR) is 135 cm³/mol. The van der Waals surface area contributed by atoms with Crippen LogP contribution >= 0.6 is 11.6 Å². The summed E-state index contributed by atoms with van der Waals surface area (Å²) in [5, 5.41) is 2.78. The summed E-state index contributed by atoms with van der Waals surface area (Å²) >= 11 is 5.99. The number of benzene rings is 2. The van der Waals surface area contributed by atoms with E-state index in [9.17, 15) is 31.2 Å². The third kappa shape index (κ3) is 7.78. The van der Waals surface area contributed by atoms with Crippen LogP contribution in [0.25, 0.3) is 0 Å². The second-order valence-corrected chi connectivity index (χ2v) is 12.0. The zero-order chi connectivity index (χ0) is 27.4. The Labute approximate surface area is 220 Å². The number of hydrogen-bond donors (Lipinski definition) is 1. The minimum Gasteiger partial charge on any atom is -0.348 e. The summed E-state index contributed by atoms with van der Waals surface area (Å²) in [6.07, 6.45) is -2.63. The molecule has 0 saturated carbocycles. The molecule has 0 aliphatic carbocycles. The van der Waals surface area contributed by atoms with E-state index in [1.54, 1.807) is 0 Å². The lowest BCUT2D eigenvalue weighted by molar-refractivity contribution is -0.138. The van der Waals surface area contributed by atoms with Gasteiger partial charge in [-0.3, -0.25) is 9.69 Å². The molecule has 1 saturated heterocycles. The highest BCUT2D eigenvalue weighted by molar-refractivity contribution is 7.91. The summed E-state index contributed by atoms with van der Waals surface area (Å²) in [7, 11) is -3.59. The zero-order valence-electron chi connectivity index (χ0n) is 20.7. The Hall–Kier alpha value is -2.43. The predicted octanol–water partition coefficient (Wildman–Crippen LogP) is 5.27. The van der Waals surface area contributed by atoms with E-state index in [0.29, 0.717) is 19.5 Å². The molecule has 1 aliphatic heterocycles. The van der Waals surface area contributed by atoms with E-state index in [2.05, 4.69) is 5.32 Å². The lowest BCUT2D eigenvalue weighted by Crippen LogP contribution is -2.26. The average Bonchev–Trinajstić information content (AvgIpc) is 3.28. The molecule has 0 aromatic heterocycles. The SMILES string of the molecule is CCS(=O)(=O)c1ccc(Cl)cc1CNC(=O)c1ccc(CN2CC[C@@H](CCC(C)=O)C2)c(C(F)(F)F)c1. The molecule has 2 aromatic carbocycles. The van der Waals surface area contributed by atoms with Gasteiger partial charge >= 0.3 is 6.18 Å². The van der Waals surface area contributed by atoms with Crippen LogP contribution in [-0.4, -0.2) is 43.9 Å². The third-order valence-electron chi connectivity index (χ3n) is 6.52. The molecule has 37 heavy (non-hydrogen) atoms. The van der Waals surface area contributed by atoms with E-state index in [4.69, 9.17) is 11.6 Å². The highest BCUT2D eigenvalue weighted by Crippen LogP contribution is 2.34. The lowest BCUT2D eigenvalue weighted by atomic mass is 10.0. The molecule has 0 unspecified atom stereocenters. The molecular formula is C26H30ClF3N2O4S. The van der Waals surface area contributed by atoms with Crippen molar-refractivity contribution in [3.05, 3.63) is 63.7 Å². The molecule has 11 heteroatoms. The average molecular weight is 559 g/mol. The molecule has 1 fully saturated rings. The van der Waals surface area contributed by atoms with Gasteiger partial charge in [0.25, 0.3) is 5.91 Å². The molecule has 1 heterocycles. The van der Waals surface area contributed by atoms with Gasteiger partial charge < -0.3 is 10.1 Å². The van der Waals surface area contributed by atoms with E-state index in [1.165, 1.54) is 44.2 Å². The Bertz CT molecular complexity index is 1260. The number of alkyl halides is 3. The van der Waals surface area contributed by atoms with Crippen molar-refractivity contribution in [3.8, 4) is 0 Å². The fourth-order valence-corrected chi connectivity index (χ4v) is 5.79. The van der Waals surface area contributed by atoms with Crippen molar-refractivity contribution in [1.29, 1.82) is 0 Å². The van der Waals surface area contributed by atoms with Crippen LogP contribution in [0.5, 0.6) is 0 Å². The van der Waals surface area contributed by atoms with Gasteiger partial charge in [-0.2, -0.15) is 13.2 Å². The maximum Gasteiger partial charge on any atom is 0.416 e. The number of carbonyl (C=O) groups is 2. The van der Waals surface area contributed by atoms with Crippen LogP contribution in [0.3, 0.4) is 0 Å². The van der Waals surface area contributed by atoms with Crippen molar-refractivity contribution >= 4 is 33.1 Å². The summed E-state index contributed by atoms with van der Waals surface area (Å²) in [5.74, 6) is -0.538. The minimum absolute atomic E-state index is 0.0123. The molecule has 1 N–H and O–H groups in total. The van der Waals surface area contributed by atoms with Crippen molar-refractivity contribution in [2.45, 2.75) is 57.3 Å². The molecule has 202 valence electrons. The molecule has 6 nitrogen and oxygen atoms in total.